The standard InChI is InChI=1S/C23H29N7O4/c1-24-20-11-19(27-18-5-2-8-29(23(18)33)15-4-3-9-34-13-15)28-21-17(12-25-30(20)21)22(32)26-14-6-7-16(31)10-14/h2,5,8,11-12,14-16,24,31H,3-4,6-7,9-10,13H2,1H3,(H,26,32)(H,27,28)/t14-,15-,16-/m1/s1. The summed E-state index contributed by atoms with van der Waals surface area (Å²) in [7, 11) is 1.75. The average Bonchev–Trinajstić information content (AvgIpc) is 3.46. The SMILES string of the molecule is CNc1cc(Nc2cccn([C@@H]3CCCOC3)c2=O)nc2c(C(=O)N[C@@H]3CC[C@@H](O)C3)cnn12. The fourth-order valence-corrected chi connectivity index (χ4v) is 4.69. The number of hydrogen-bond donors (Lipinski definition) is 4. The van der Waals surface area contributed by atoms with Gasteiger partial charge in [-0.2, -0.15) is 9.61 Å². The molecular weight excluding hydrogens is 438 g/mol. The average molecular weight is 468 g/mol. The van der Waals surface area contributed by atoms with Crippen LogP contribution in [0.1, 0.15) is 48.5 Å². The van der Waals surface area contributed by atoms with E-state index in [1.54, 1.807) is 34.5 Å². The van der Waals surface area contributed by atoms with E-state index in [4.69, 9.17) is 4.74 Å². The summed E-state index contributed by atoms with van der Waals surface area (Å²) in [6.45, 7) is 1.24. The third kappa shape index (κ3) is 4.36. The fourth-order valence-electron chi connectivity index (χ4n) is 4.69. The number of nitrogens with one attached hydrogen (secondary N) is 3. The third-order valence-electron chi connectivity index (χ3n) is 6.48. The first kappa shape index (κ1) is 22.4. The summed E-state index contributed by atoms with van der Waals surface area (Å²) in [5, 5.41) is 23.2. The second-order valence-electron chi connectivity index (χ2n) is 8.84. The first-order chi connectivity index (χ1) is 16.5. The molecule has 1 amide bonds. The molecule has 3 aromatic rings. The van der Waals surface area contributed by atoms with Crippen molar-refractivity contribution in [2.45, 2.75) is 50.3 Å². The number of carbonyl (C=O) groups excluding carboxylic acids is 1. The summed E-state index contributed by atoms with van der Waals surface area (Å²) < 4.78 is 8.79. The molecule has 0 radical (unpaired) electrons. The Labute approximate surface area is 196 Å². The molecule has 0 bridgehead atoms. The van der Waals surface area contributed by atoms with Crippen LogP contribution in [0.15, 0.2) is 35.4 Å². The number of aromatic nitrogens is 4. The van der Waals surface area contributed by atoms with E-state index in [2.05, 4.69) is 26.0 Å². The smallest absolute Gasteiger partial charge is 0.274 e. The first-order valence-electron chi connectivity index (χ1n) is 11.6. The Balaban J connectivity index is 1.44. The van der Waals surface area contributed by atoms with Crippen molar-refractivity contribution in [2.24, 2.45) is 0 Å². The van der Waals surface area contributed by atoms with Crippen molar-refractivity contribution in [3.63, 3.8) is 0 Å². The molecule has 11 nitrogen and oxygen atoms in total. The van der Waals surface area contributed by atoms with Crippen molar-refractivity contribution < 1.29 is 14.6 Å². The molecule has 4 N–H and O–H groups in total. The van der Waals surface area contributed by atoms with E-state index in [-0.39, 0.29) is 29.7 Å². The zero-order valence-electron chi connectivity index (χ0n) is 19.0. The molecule has 1 saturated heterocycles. The molecule has 34 heavy (non-hydrogen) atoms. The molecule has 2 fully saturated rings. The van der Waals surface area contributed by atoms with Crippen LogP contribution < -0.4 is 21.5 Å². The van der Waals surface area contributed by atoms with E-state index < -0.39 is 0 Å². The van der Waals surface area contributed by atoms with Crippen LogP contribution >= 0.6 is 0 Å². The van der Waals surface area contributed by atoms with Gasteiger partial charge in [0.1, 0.15) is 22.9 Å². The summed E-state index contributed by atoms with van der Waals surface area (Å²) in [5.74, 6) is 0.734. The highest BCUT2D eigenvalue weighted by atomic mass is 16.5. The lowest BCUT2D eigenvalue weighted by Gasteiger charge is -2.24. The van der Waals surface area contributed by atoms with Crippen molar-refractivity contribution in [2.75, 3.05) is 30.9 Å². The third-order valence-corrected chi connectivity index (χ3v) is 6.48. The second kappa shape index (κ2) is 9.43. The number of carbonyl (C=O) groups is 1. The number of anilines is 3. The van der Waals surface area contributed by atoms with Crippen molar-refractivity contribution in [1.29, 1.82) is 0 Å². The number of aliphatic hydroxyl groups is 1. The summed E-state index contributed by atoms with van der Waals surface area (Å²) >= 11 is 0. The maximum absolute atomic E-state index is 13.1. The second-order valence-corrected chi connectivity index (χ2v) is 8.84. The number of rotatable bonds is 6. The molecule has 5 rings (SSSR count). The molecule has 2 aliphatic rings. The monoisotopic (exact) mass is 467 g/mol. The van der Waals surface area contributed by atoms with Gasteiger partial charge in [0.25, 0.3) is 11.5 Å². The van der Waals surface area contributed by atoms with Crippen molar-refractivity contribution in [3.8, 4) is 0 Å². The van der Waals surface area contributed by atoms with Crippen molar-refractivity contribution in [3.05, 3.63) is 46.5 Å². The quantitative estimate of drug-likeness (QED) is 0.430. The van der Waals surface area contributed by atoms with E-state index in [0.717, 1.165) is 25.9 Å². The molecule has 3 atom stereocenters. The van der Waals surface area contributed by atoms with Gasteiger partial charge in [-0.3, -0.25) is 9.59 Å². The van der Waals surface area contributed by atoms with Gasteiger partial charge >= 0.3 is 0 Å². The number of nitrogens with zero attached hydrogens (tertiary/aromatic N) is 4. The topological polar surface area (TPSA) is 135 Å². The molecule has 4 heterocycles. The van der Waals surface area contributed by atoms with E-state index in [1.807, 2.05) is 6.07 Å². The number of fused-ring (bicyclic) bond motifs is 1. The molecule has 0 unspecified atom stereocenters. The minimum absolute atomic E-state index is 0.00513. The molecule has 11 heteroatoms. The Morgan fingerprint density at radius 1 is 1.29 bits per heavy atom. The van der Waals surface area contributed by atoms with E-state index >= 15 is 0 Å². The minimum atomic E-state index is -0.380. The Morgan fingerprint density at radius 2 is 2.18 bits per heavy atom. The fraction of sp³-hybridized carbons (Fsp3) is 0.478. The predicted molar refractivity (Wildman–Crippen MR) is 127 cm³/mol. The summed E-state index contributed by atoms with van der Waals surface area (Å²) in [6, 6.07) is 5.20. The van der Waals surface area contributed by atoms with Gasteiger partial charge in [0.15, 0.2) is 5.65 Å². The maximum atomic E-state index is 13.1. The Kier molecular flexibility index (Phi) is 6.20. The van der Waals surface area contributed by atoms with E-state index in [9.17, 15) is 14.7 Å². The highest BCUT2D eigenvalue weighted by Gasteiger charge is 2.26. The van der Waals surface area contributed by atoms with Gasteiger partial charge in [-0.25, -0.2) is 4.98 Å². The zero-order chi connectivity index (χ0) is 23.7. The largest absolute Gasteiger partial charge is 0.393 e. The number of pyridine rings is 1. The zero-order valence-corrected chi connectivity index (χ0v) is 19.0. The van der Waals surface area contributed by atoms with Gasteiger partial charge in [0.2, 0.25) is 0 Å². The molecule has 1 saturated carbocycles. The molecule has 0 aromatic carbocycles. The van der Waals surface area contributed by atoms with Gasteiger partial charge in [0.05, 0.1) is 24.9 Å². The molecule has 1 aliphatic heterocycles. The van der Waals surface area contributed by atoms with Gasteiger partial charge in [0, 0.05) is 32.0 Å². The van der Waals surface area contributed by atoms with Gasteiger partial charge in [-0.1, -0.05) is 0 Å². The predicted octanol–water partition coefficient (Wildman–Crippen LogP) is 1.67. The highest BCUT2D eigenvalue weighted by molar-refractivity contribution is 6.00. The van der Waals surface area contributed by atoms with Gasteiger partial charge in [-0.15, -0.1) is 0 Å². The van der Waals surface area contributed by atoms with Crippen molar-refractivity contribution >= 4 is 28.9 Å². The molecule has 180 valence electrons. The van der Waals surface area contributed by atoms with Gasteiger partial charge in [-0.05, 0) is 44.2 Å². The molecule has 3 aromatic heterocycles. The van der Waals surface area contributed by atoms with Crippen LogP contribution in [-0.4, -0.2) is 62.6 Å². The summed E-state index contributed by atoms with van der Waals surface area (Å²) in [4.78, 5) is 30.7. The van der Waals surface area contributed by atoms with E-state index in [1.165, 1.54) is 6.20 Å². The number of ether oxygens (including phenoxy) is 1. The number of aliphatic hydroxyl groups excluding tert-OH is 1. The minimum Gasteiger partial charge on any atom is -0.393 e. The van der Waals surface area contributed by atoms with Crippen LogP contribution in [-0.2, 0) is 4.74 Å². The Hall–Kier alpha value is -3.44. The summed E-state index contributed by atoms with van der Waals surface area (Å²) in [5.41, 5.74) is 0.920. The van der Waals surface area contributed by atoms with Crippen LogP contribution in [0.25, 0.3) is 5.65 Å². The van der Waals surface area contributed by atoms with Crippen LogP contribution in [0, 0.1) is 0 Å². The lowest BCUT2D eigenvalue weighted by Crippen LogP contribution is -2.33. The lowest BCUT2D eigenvalue weighted by molar-refractivity contribution is 0.0581. The Morgan fingerprint density at radius 3 is 2.91 bits per heavy atom. The van der Waals surface area contributed by atoms with Crippen LogP contribution in [0.5, 0.6) is 0 Å². The highest BCUT2D eigenvalue weighted by Crippen LogP contribution is 2.23. The molecule has 0 spiro atoms. The first-order valence-corrected chi connectivity index (χ1v) is 11.6. The summed E-state index contributed by atoms with van der Waals surface area (Å²) in [6.07, 6.45) is 6.65. The van der Waals surface area contributed by atoms with Gasteiger partial charge < -0.3 is 30.4 Å². The maximum Gasteiger partial charge on any atom is 0.274 e. The Bertz CT molecular complexity index is 1250. The molecular formula is C23H29N7O4. The molecule has 1 aliphatic carbocycles. The number of hydrogen-bond acceptors (Lipinski definition) is 8. The van der Waals surface area contributed by atoms with Crippen LogP contribution in [0.2, 0.25) is 0 Å². The number of amides is 1. The van der Waals surface area contributed by atoms with E-state index in [0.29, 0.717) is 48.0 Å². The van der Waals surface area contributed by atoms with Crippen LogP contribution in [0.3, 0.4) is 0 Å². The lowest BCUT2D eigenvalue weighted by atomic mass is 10.1. The van der Waals surface area contributed by atoms with Crippen LogP contribution in [0.4, 0.5) is 17.3 Å². The van der Waals surface area contributed by atoms with Crippen molar-refractivity contribution in [1.82, 2.24) is 24.5 Å². The normalized spacial score (nSPS) is 22.6.